The first-order valence-corrected chi connectivity index (χ1v) is 11.1. The van der Waals surface area contributed by atoms with Gasteiger partial charge in [0.1, 0.15) is 0 Å². The fourth-order valence-electron chi connectivity index (χ4n) is 2.62. The van der Waals surface area contributed by atoms with E-state index in [2.05, 4.69) is 4.98 Å². The number of carbonyl (C=O) groups excluding carboxylic acids is 2. The second kappa shape index (κ2) is 8.66. The molecule has 0 fully saturated rings. The number of rotatable bonds is 5. The van der Waals surface area contributed by atoms with Crippen LogP contribution in [0, 0.1) is 0 Å². The molecule has 1 unspecified atom stereocenters. The molecule has 0 N–H and O–H groups in total. The van der Waals surface area contributed by atoms with Gasteiger partial charge in [0.2, 0.25) is 0 Å². The van der Waals surface area contributed by atoms with Crippen molar-refractivity contribution in [2.24, 2.45) is 0 Å². The van der Waals surface area contributed by atoms with Crippen LogP contribution in [-0.4, -0.2) is 44.2 Å². The molecule has 3 rings (SSSR count). The number of hydrogen-bond acceptors (Lipinski definition) is 6. The molecule has 1 aromatic heterocycles. The Hall–Kier alpha value is -2.85. The second-order valence-corrected chi connectivity index (χ2v) is 9.78. The van der Waals surface area contributed by atoms with E-state index in [1.165, 1.54) is 7.11 Å². The Morgan fingerprint density at radius 3 is 2.38 bits per heavy atom. The van der Waals surface area contributed by atoms with Gasteiger partial charge in [-0.05, 0) is 0 Å². The van der Waals surface area contributed by atoms with Crippen molar-refractivity contribution in [2.75, 3.05) is 7.11 Å². The van der Waals surface area contributed by atoms with Crippen LogP contribution >= 0.6 is 0 Å². The van der Waals surface area contributed by atoms with Gasteiger partial charge < -0.3 is 0 Å². The van der Waals surface area contributed by atoms with Gasteiger partial charge in [-0.25, -0.2) is 0 Å². The van der Waals surface area contributed by atoms with Crippen LogP contribution in [0.15, 0.2) is 54.7 Å². The van der Waals surface area contributed by atoms with Crippen molar-refractivity contribution in [1.29, 1.82) is 0 Å². The average Bonchev–Trinajstić information content (AvgIpc) is 2.65. The molecule has 1 atom stereocenters. The molecule has 0 aliphatic rings. The van der Waals surface area contributed by atoms with Crippen molar-refractivity contribution in [2.45, 2.75) is 26.4 Å². The molecule has 6 nitrogen and oxygen atoms in total. The Balaban J connectivity index is 1.78. The number of hydrogen-bond donors (Lipinski definition) is 0. The second-order valence-electron chi connectivity index (χ2n) is 7.32. The number of carbonyl (C=O) groups is 2. The van der Waals surface area contributed by atoms with Crippen LogP contribution in [0.3, 0.4) is 0 Å². The van der Waals surface area contributed by atoms with Gasteiger partial charge in [0, 0.05) is 0 Å². The van der Waals surface area contributed by atoms with E-state index in [0.29, 0.717) is 21.5 Å². The van der Waals surface area contributed by atoms with Gasteiger partial charge >= 0.3 is 176 Å². The van der Waals surface area contributed by atoms with E-state index in [-0.39, 0.29) is 10.7 Å². The van der Waals surface area contributed by atoms with E-state index >= 15 is 0 Å². The molecule has 0 aliphatic heterocycles. The standard InChI is InChI=1S/C22H22AsNO5/c1-22(2,3)29-21(26)23-19-13-18(9-10-24-19)28-17-8-7-14-5-6-15(20(25)27-4)11-16(14)12-17/h5-13,23H,1-4H3. The zero-order valence-electron chi connectivity index (χ0n) is 16.7. The van der Waals surface area contributed by atoms with Crippen LogP contribution in [0.25, 0.3) is 10.8 Å². The quantitative estimate of drug-likeness (QED) is 0.430. The van der Waals surface area contributed by atoms with Crippen molar-refractivity contribution in [3.63, 3.8) is 0 Å². The molecule has 0 aliphatic carbocycles. The molecule has 0 bridgehead atoms. The molecule has 1 heterocycles. The summed E-state index contributed by atoms with van der Waals surface area (Å²) in [6.45, 7) is 5.53. The van der Waals surface area contributed by atoms with Crippen LogP contribution in [0.5, 0.6) is 11.5 Å². The Kier molecular flexibility index (Phi) is 6.23. The van der Waals surface area contributed by atoms with Crippen molar-refractivity contribution >= 4 is 41.7 Å². The minimum absolute atomic E-state index is 0.219. The topological polar surface area (TPSA) is 74.7 Å². The Morgan fingerprint density at radius 1 is 0.931 bits per heavy atom. The van der Waals surface area contributed by atoms with Gasteiger partial charge in [-0.2, -0.15) is 0 Å². The molecule has 0 spiro atoms. The van der Waals surface area contributed by atoms with E-state index in [0.717, 1.165) is 10.8 Å². The predicted octanol–water partition coefficient (Wildman–Crippen LogP) is 3.81. The number of ether oxygens (including phenoxy) is 3. The van der Waals surface area contributed by atoms with Gasteiger partial charge in [0.25, 0.3) is 0 Å². The van der Waals surface area contributed by atoms with Gasteiger partial charge in [-0.15, -0.1) is 0 Å². The number of nitrogens with zero attached hydrogens (tertiary/aromatic N) is 1. The van der Waals surface area contributed by atoms with Crippen LogP contribution in [-0.2, 0) is 9.47 Å². The monoisotopic (exact) mass is 455 g/mol. The average molecular weight is 455 g/mol. The number of fused-ring (bicyclic) bond motifs is 1. The molecule has 2 aromatic carbocycles. The molecule has 0 amide bonds. The third-order valence-electron chi connectivity index (χ3n) is 3.83. The fourth-order valence-corrected chi connectivity index (χ4v) is 4.55. The molecule has 3 aromatic rings. The maximum absolute atomic E-state index is 12.1. The molecule has 0 saturated carbocycles. The third-order valence-corrected chi connectivity index (χ3v) is 5.58. The van der Waals surface area contributed by atoms with Gasteiger partial charge in [0.15, 0.2) is 0 Å². The van der Waals surface area contributed by atoms with Gasteiger partial charge in [0.05, 0.1) is 0 Å². The number of benzene rings is 2. The van der Waals surface area contributed by atoms with Crippen molar-refractivity contribution in [1.82, 2.24) is 4.98 Å². The van der Waals surface area contributed by atoms with Crippen LogP contribution < -0.4 is 9.22 Å². The maximum atomic E-state index is 12.1. The summed E-state index contributed by atoms with van der Waals surface area (Å²) in [5.41, 5.74) is -0.0332. The number of aromatic nitrogens is 1. The van der Waals surface area contributed by atoms with Crippen molar-refractivity contribution in [3.8, 4) is 11.5 Å². The first-order valence-electron chi connectivity index (χ1n) is 8.99. The van der Waals surface area contributed by atoms with E-state index in [9.17, 15) is 9.59 Å². The summed E-state index contributed by atoms with van der Waals surface area (Å²) in [5, 5.41) is 1.85. The van der Waals surface area contributed by atoms with Crippen LogP contribution in [0.4, 0.5) is 4.79 Å². The van der Waals surface area contributed by atoms with E-state index in [1.807, 2.05) is 45.0 Å². The Labute approximate surface area is 175 Å². The number of methoxy groups -OCH3 is 1. The predicted molar refractivity (Wildman–Crippen MR) is 113 cm³/mol. The fraction of sp³-hybridized carbons (Fsp3) is 0.227. The third kappa shape index (κ3) is 5.81. The molecule has 7 heteroatoms. The molecular formula is C22H22AsNO5. The Morgan fingerprint density at radius 2 is 1.66 bits per heavy atom. The molecule has 29 heavy (non-hydrogen) atoms. The molecule has 0 saturated heterocycles. The zero-order valence-corrected chi connectivity index (χ0v) is 18.8. The summed E-state index contributed by atoms with van der Waals surface area (Å²) in [6, 6.07) is 14.5. The summed E-state index contributed by atoms with van der Waals surface area (Å²) < 4.78 is 16.6. The van der Waals surface area contributed by atoms with Crippen molar-refractivity contribution in [3.05, 3.63) is 60.3 Å². The number of pyridine rings is 1. The molecule has 0 radical (unpaired) electrons. The van der Waals surface area contributed by atoms with E-state index in [4.69, 9.17) is 14.2 Å². The summed E-state index contributed by atoms with van der Waals surface area (Å²) >= 11 is -1.19. The summed E-state index contributed by atoms with van der Waals surface area (Å²) in [6.07, 6.45) is 1.62. The van der Waals surface area contributed by atoms with Gasteiger partial charge in [-0.3, -0.25) is 0 Å². The SMILES string of the molecule is COC(=O)c1ccc2ccc(Oc3ccnc([AsH]C(=O)OC(C)(C)C)c3)cc2c1. The first-order chi connectivity index (χ1) is 13.7. The summed E-state index contributed by atoms with van der Waals surface area (Å²) in [7, 11) is 1.35. The van der Waals surface area contributed by atoms with E-state index < -0.39 is 21.4 Å². The normalized spacial score (nSPS) is 11.6. The summed E-state index contributed by atoms with van der Waals surface area (Å²) in [5.74, 6) is 0.823. The molecule has 150 valence electrons. The minimum atomic E-state index is -1.19. The van der Waals surface area contributed by atoms with Crippen molar-refractivity contribution < 1.29 is 23.8 Å². The van der Waals surface area contributed by atoms with Crippen LogP contribution in [0.1, 0.15) is 31.1 Å². The zero-order chi connectivity index (χ0) is 21.0. The van der Waals surface area contributed by atoms with E-state index in [1.54, 1.807) is 30.5 Å². The molecular weight excluding hydrogens is 433 g/mol. The Bertz CT molecular complexity index is 1060. The van der Waals surface area contributed by atoms with Crippen LogP contribution in [0.2, 0.25) is 0 Å². The first kappa shape index (κ1) is 20.9. The number of esters is 1. The van der Waals surface area contributed by atoms with Gasteiger partial charge in [-0.1, -0.05) is 0 Å². The summed E-state index contributed by atoms with van der Waals surface area (Å²) in [4.78, 5) is 28.1.